The normalized spacial score (nSPS) is 20.4. The maximum atomic E-state index is 9.78. The Morgan fingerprint density at radius 3 is 2.33 bits per heavy atom. The van der Waals surface area contributed by atoms with Gasteiger partial charge in [-0.25, -0.2) is 0 Å². The second-order valence-corrected chi connectivity index (χ2v) is 7.27. The van der Waals surface area contributed by atoms with Crippen molar-refractivity contribution in [2.45, 2.75) is 51.3 Å². The van der Waals surface area contributed by atoms with E-state index < -0.39 is 5.60 Å². The van der Waals surface area contributed by atoms with Crippen molar-refractivity contribution in [3.8, 4) is 0 Å². The van der Waals surface area contributed by atoms with E-state index in [9.17, 15) is 5.11 Å². The molecule has 0 aliphatic carbocycles. The van der Waals surface area contributed by atoms with Gasteiger partial charge in [-0.15, -0.1) is 0 Å². The van der Waals surface area contributed by atoms with Gasteiger partial charge in [-0.05, 0) is 58.3 Å². The lowest BCUT2D eigenvalue weighted by Gasteiger charge is -2.20. The Bertz CT molecular complexity index is 434. The molecule has 21 heavy (non-hydrogen) atoms. The van der Waals surface area contributed by atoms with Crippen molar-refractivity contribution < 1.29 is 5.11 Å². The van der Waals surface area contributed by atoms with Crippen LogP contribution >= 0.6 is 0 Å². The zero-order chi connectivity index (χ0) is 15.5. The first-order chi connectivity index (χ1) is 9.83. The SMILES string of the molecule is CN(C)[C@@H]1CCN(Cc2ccc(CCC(C)(C)O)cc2)C1. The molecule has 0 unspecified atom stereocenters. The molecule has 1 atom stereocenters. The number of benzene rings is 1. The molecule has 2 rings (SSSR count). The van der Waals surface area contributed by atoms with Crippen LogP contribution < -0.4 is 0 Å². The number of rotatable bonds is 6. The molecule has 0 bridgehead atoms. The Kier molecular flexibility index (Phi) is 5.42. The molecule has 0 aromatic heterocycles. The summed E-state index contributed by atoms with van der Waals surface area (Å²) in [7, 11) is 4.34. The van der Waals surface area contributed by atoms with Crippen molar-refractivity contribution in [1.82, 2.24) is 9.80 Å². The van der Waals surface area contributed by atoms with Crippen molar-refractivity contribution >= 4 is 0 Å². The van der Waals surface area contributed by atoms with Crippen LogP contribution in [0.1, 0.15) is 37.8 Å². The molecule has 1 saturated heterocycles. The topological polar surface area (TPSA) is 26.7 Å². The fourth-order valence-electron chi connectivity index (χ4n) is 2.90. The van der Waals surface area contributed by atoms with Crippen LogP contribution in [0.15, 0.2) is 24.3 Å². The summed E-state index contributed by atoms with van der Waals surface area (Å²) in [6.45, 7) is 7.17. The number of aryl methyl sites for hydroxylation is 1. The van der Waals surface area contributed by atoms with Crippen LogP contribution in [0.3, 0.4) is 0 Å². The summed E-state index contributed by atoms with van der Waals surface area (Å²) < 4.78 is 0. The highest BCUT2D eigenvalue weighted by Gasteiger charge is 2.23. The fraction of sp³-hybridized carbons (Fsp3) is 0.667. The summed E-state index contributed by atoms with van der Waals surface area (Å²) in [6, 6.07) is 9.60. The molecule has 3 heteroatoms. The summed E-state index contributed by atoms with van der Waals surface area (Å²) in [5.74, 6) is 0. The molecule has 1 N–H and O–H groups in total. The smallest absolute Gasteiger partial charge is 0.0594 e. The van der Waals surface area contributed by atoms with Gasteiger partial charge in [0.2, 0.25) is 0 Å². The molecular formula is C18H30N2O. The van der Waals surface area contributed by atoms with Gasteiger partial charge in [0.05, 0.1) is 5.60 Å². The molecule has 1 fully saturated rings. The fourth-order valence-corrected chi connectivity index (χ4v) is 2.90. The summed E-state index contributed by atoms with van der Waals surface area (Å²) in [6.07, 6.45) is 3.02. The van der Waals surface area contributed by atoms with Gasteiger partial charge in [-0.3, -0.25) is 4.90 Å². The van der Waals surface area contributed by atoms with Crippen LogP contribution in [0.5, 0.6) is 0 Å². The van der Waals surface area contributed by atoms with E-state index in [1.165, 1.54) is 30.6 Å². The van der Waals surface area contributed by atoms with Crippen LogP contribution in [-0.4, -0.2) is 53.7 Å². The maximum Gasteiger partial charge on any atom is 0.0594 e. The second kappa shape index (κ2) is 6.91. The zero-order valence-electron chi connectivity index (χ0n) is 14.0. The Morgan fingerprint density at radius 2 is 1.81 bits per heavy atom. The number of likely N-dealkylation sites (tertiary alicyclic amines) is 1. The average Bonchev–Trinajstić information content (AvgIpc) is 2.86. The lowest BCUT2D eigenvalue weighted by Crippen LogP contribution is -2.31. The summed E-state index contributed by atoms with van der Waals surface area (Å²) in [5.41, 5.74) is 2.13. The quantitative estimate of drug-likeness (QED) is 0.872. The Morgan fingerprint density at radius 1 is 1.19 bits per heavy atom. The largest absolute Gasteiger partial charge is 0.390 e. The van der Waals surface area contributed by atoms with E-state index in [-0.39, 0.29) is 0 Å². The third-order valence-corrected chi connectivity index (χ3v) is 4.43. The van der Waals surface area contributed by atoms with Gasteiger partial charge in [-0.1, -0.05) is 24.3 Å². The molecule has 0 saturated carbocycles. The van der Waals surface area contributed by atoms with Gasteiger partial charge in [-0.2, -0.15) is 0 Å². The van der Waals surface area contributed by atoms with Gasteiger partial charge in [0, 0.05) is 25.7 Å². The van der Waals surface area contributed by atoms with Crippen LogP contribution in [0.2, 0.25) is 0 Å². The van der Waals surface area contributed by atoms with E-state index in [2.05, 4.69) is 48.2 Å². The van der Waals surface area contributed by atoms with Crippen molar-refractivity contribution in [2.75, 3.05) is 27.2 Å². The molecule has 1 aliphatic heterocycles. The number of aliphatic hydroxyl groups is 1. The Labute approximate surface area is 129 Å². The van der Waals surface area contributed by atoms with Crippen LogP contribution in [-0.2, 0) is 13.0 Å². The third-order valence-electron chi connectivity index (χ3n) is 4.43. The van der Waals surface area contributed by atoms with E-state index >= 15 is 0 Å². The monoisotopic (exact) mass is 290 g/mol. The second-order valence-electron chi connectivity index (χ2n) is 7.27. The highest BCUT2D eigenvalue weighted by atomic mass is 16.3. The number of likely N-dealkylation sites (N-methyl/N-ethyl adjacent to an activating group) is 1. The van der Waals surface area contributed by atoms with Crippen molar-refractivity contribution in [2.24, 2.45) is 0 Å². The molecule has 1 aromatic rings. The van der Waals surface area contributed by atoms with Gasteiger partial charge < -0.3 is 10.0 Å². The number of nitrogens with zero attached hydrogens (tertiary/aromatic N) is 2. The maximum absolute atomic E-state index is 9.78. The molecule has 3 nitrogen and oxygen atoms in total. The van der Waals surface area contributed by atoms with E-state index in [0.717, 1.165) is 19.4 Å². The minimum Gasteiger partial charge on any atom is -0.390 e. The summed E-state index contributed by atoms with van der Waals surface area (Å²) >= 11 is 0. The van der Waals surface area contributed by atoms with Crippen LogP contribution in [0.25, 0.3) is 0 Å². The van der Waals surface area contributed by atoms with Crippen molar-refractivity contribution in [1.29, 1.82) is 0 Å². The molecule has 1 heterocycles. The van der Waals surface area contributed by atoms with Crippen LogP contribution in [0.4, 0.5) is 0 Å². The van der Waals surface area contributed by atoms with E-state index in [4.69, 9.17) is 0 Å². The van der Waals surface area contributed by atoms with Crippen LogP contribution in [0, 0.1) is 0 Å². The number of hydrogen-bond acceptors (Lipinski definition) is 3. The van der Waals surface area contributed by atoms with Crippen molar-refractivity contribution in [3.63, 3.8) is 0 Å². The van der Waals surface area contributed by atoms with E-state index in [0.29, 0.717) is 6.04 Å². The standard InChI is InChI=1S/C18H30N2O/c1-18(2,21)11-9-15-5-7-16(8-6-15)13-20-12-10-17(14-20)19(3)4/h5-8,17,21H,9-14H2,1-4H3/t17-/m1/s1. The first-order valence-corrected chi connectivity index (χ1v) is 8.02. The third kappa shape index (κ3) is 5.42. The van der Waals surface area contributed by atoms with E-state index in [1.807, 2.05) is 13.8 Å². The average molecular weight is 290 g/mol. The molecule has 1 aromatic carbocycles. The summed E-state index contributed by atoms with van der Waals surface area (Å²) in [5, 5.41) is 9.78. The summed E-state index contributed by atoms with van der Waals surface area (Å²) in [4.78, 5) is 4.87. The first-order valence-electron chi connectivity index (χ1n) is 8.02. The first kappa shape index (κ1) is 16.5. The highest BCUT2D eigenvalue weighted by molar-refractivity contribution is 5.23. The van der Waals surface area contributed by atoms with Gasteiger partial charge in [0.1, 0.15) is 0 Å². The van der Waals surface area contributed by atoms with Gasteiger partial charge >= 0.3 is 0 Å². The molecule has 0 spiro atoms. The zero-order valence-corrected chi connectivity index (χ0v) is 14.0. The molecule has 118 valence electrons. The lowest BCUT2D eigenvalue weighted by molar-refractivity contribution is 0.0714. The van der Waals surface area contributed by atoms with E-state index in [1.54, 1.807) is 0 Å². The predicted octanol–water partition coefficient (Wildman–Crippen LogP) is 2.53. The Hall–Kier alpha value is -0.900. The highest BCUT2D eigenvalue weighted by Crippen LogP contribution is 2.18. The number of hydrogen-bond donors (Lipinski definition) is 1. The minimum atomic E-state index is -0.574. The lowest BCUT2D eigenvalue weighted by atomic mass is 9.98. The van der Waals surface area contributed by atoms with Gasteiger partial charge in [0.15, 0.2) is 0 Å². The molecule has 0 amide bonds. The molecular weight excluding hydrogens is 260 g/mol. The predicted molar refractivity (Wildman–Crippen MR) is 88.4 cm³/mol. The Balaban J connectivity index is 1.83. The molecule has 1 aliphatic rings. The van der Waals surface area contributed by atoms with Crippen molar-refractivity contribution in [3.05, 3.63) is 35.4 Å². The van der Waals surface area contributed by atoms with Gasteiger partial charge in [0.25, 0.3) is 0 Å². The molecule has 0 radical (unpaired) electrons. The minimum absolute atomic E-state index is 0.574.